The van der Waals surface area contributed by atoms with Gasteiger partial charge in [-0.3, -0.25) is 0 Å². The van der Waals surface area contributed by atoms with Crippen LogP contribution < -0.4 is 0 Å². The predicted molar refractivity (Wildman–Crippen MR) is 41.1 cm³/mol. The van der Waals surface area contributed by atoms with Gasteiger partial charge in [-0.2, -0.15) is 0 Å². The smallest absolute Gasteiger partial charge is 0.00874 e. The maximum absolute atomic E-state index is 3.54. The average Bonchev–Trinajstić information content (AvgIpc) is 1.65. The molecule has 0 aromatic carbocycles. The third kappa shape index (κ3) is 6.20. The van der Waals surface area contributed by atoms with Crippen LogP contribution in [0, 0.1) is 0 Å². The van der Waals surface area contributed by atoms with Crippen LogP contribution in [0.4, 0.5) is 0 Å². The Morgan fingerprint density at radius 2 is 1.57 bits per heavy atom. The molecule has 2 heteroatoms. The minimum Gasteiger partial charge on any atom is -0.147 e. The summed E-state index contributed by atoms with van der Waals surface area (Å²) in [7, 11) is 2.57. The number of halogens is 1. The molecular formula is C5H10ClP. The molecule has 42 valence electrons. The van der Waals surface area contributed by atoms with Crippen molar-refractivity contribution in [3.05, 3.63) is 25.3 Å². The van der Waals surface area contributed by atoms with Gasteiger partial charge < -0.3 is 0 Å². The van der Waals surface area contributed by atoms with E-state index in [4.69, 9.17) is 0 Å². The number of hydrogen-bond acceptors (Lipinski definition) is 0. The van der Waals surface area contributed by atoms with E-state index in [2.05, 4.69) is 22.4 Å². The van der Waals surface area contributed by atoms with E-state index in [1.165, 1.54) is 0 Å². The second-order valence-electron chi connectivity index (χ2n) is 1.05. The van der Waals surface area contributed by atoms with Crippen LogP contribution in [0.5, 0.6) is 0 Å². The van der Waals surface area contributed by atoms with Crippen molar-refractivity contribution in [1.29, 1.82) is 0 Å². The Labute approximate surface area is 53.3 Å². The lowest BCUT2D eigenvalue weighted by Crippen LogP contribution is -1.78. The minimum atomic E-state index is 0. The second kappa shape index (κ2) is 6.20. The Bertz CT molecular complexity index is 53.1. The standard InChI is InChI=1S/C5H9P.ClH/c1-3-5(6)4-2;/h3-5H,1-2,6H2;1H. The molecule has 0 radical (unpaired) electrons. The molecule has 0 bridgehead atoms. The molecule has 0 saturated carbocycles. The van der Waals surface area contributed by atoms with Crippen molar-refractivity contribution in [3.8, 4) is 0 Å². The Hall–Kier alpha value is 0.200. The molecule has 0 saturated heterocycles. The van der Waals surface area contributed by atoms with Crippen LogP contribution in [-0.4, -0.2) is 5.66 Å². The van der Waals surface area contributed by atoms with E-state index >= 15 is 0 Å². The fraction of sp³-hybridized carbons (Fsp3) is 0.200. The van der Waals surface area contributed by atoms with Crippen molar-refractivity contribution >= 4 is 21.6 Å². The Kier molecular flexibility index (Phi) is 9.07. The van der Waals surface area contributed by atoms with Crippen LogP contribution in [0.3, 0.4) is 0 Å². The van der Waals surface area contributed by atoms with Gasteiger partial charge in [-0.25, -0.2) is 0 Å². The van der Waals surface area contributed by atoms with Gasteiger partial charge in [0, 0.05) is 5.66 Å². The maximum Gasteiger partial charge on any atom is 0.00874 e. The summed E-state index contributed by atoms with van der Waals surface area (Å²) in [4.78, 5) is 0. The van der Waals surface area contributed by atoms with Gasteiger partial charge in [0.15, 0.2) is 0 Å². The third-order valence-electron chi connectivity index (χ3n) is 0.544. The monoisotopic (exact) mass is 136 g/mol. The van der Waals surface area contributed by atoms with E-state index in [-0.39, 0.29) is 12.4 Å². The van der Waals surface area contributed by atoms with Gasteiger partial charge in [-0.1, -0.05) is 12.2 Å². The van der Waals surface area contributed by atoms with Gasteiger partial charge in [-0.05, 0) is 0 Å². The minimum absolute atomic E-state index is 0. The van der Waals surface area contributed by atoms with Gasteiger partial charge in [0.2, 0.25) is 0 Å². The fourth-order valence-corrected chi connectivity index (χ4v) is 0.0962. The summed E-state index contributed by atoms with van der Waals surface area (Å²) >= 11 is 0. The van der Waals surface area contributed by atoms with E-state index < -0.39 is 0 Å². The molecule has 0 heterocycles. The Morgan fingerprint density at radius 3 is 1.57 bits per heavy atom. The third-order valence-corrected chi connectivity index (χ3v) is 1.09. The molecule has 0 aliphatic heterocycles. The van der Waals surface area contributed by atoms with E-state index in [0.29, 0.717) is 5.66 Å². The van der Waals surface area contributed by atoms with Crippen LogP contribution in [0.15, 0.2) is 25.3 Å². The zero-order valence-electron chi connectivity index (χ0n) is 4.13. The van der Waals surface area contributed by atoms with E-state index in [1.54, 1.807) is 0 Å². The molecule has 1 atom stereocenters. The first-order chi connectivity index (χ1) is 2.81. The van der Waals surface area contributed by atoms with Gasteiger partial charge >= 0.3 is 0 Å². The topological polar surface area (TPSA) is 0 Å². The molecule has 0 aromatic heterocycles. The van der Waals surface area contributed by atoms with Crippen LogP contribution in [0.25, 0.3) is 0 Å². The molecule has 0 rings (SSSR count). The fourth-order valence-electron chi connectivity index (χ4n) is 0.0962. The zero-order valence-corrected chi connectivity index (χ0v) is 6.10. The van der Waals surface area contributed by atoms with Gasteiger partial charge in [0.05, 0.1) is 0 Å². The maximum atomic E-state index is 3.54. The summed E-state index contributed by atoms with van der Waals surface area (Å²) < 4.78 is 0. The van der Waals surface area contributed by atoms with Crippen molar-refractivity contribution in [2.24, 2.45) is 0 Å². The van der Waals surface area contributed by atoms with Gasteiger partial charge in [0.25, 0.3) is 0 Å². The first-order valence-corrected chi connectivity index (χ1v) is 2.48. The molecule has 0 nitrogen and oxygen atoms in total. The first-order valence-electron chi connectivity index (χ1n) is 1.82. The van der Waals surface area contributed by atoms with E-state index in [1.807, 2.05) is 12.2 Å². The highest BCUT2D eigenvalue weighted by Crippen LogP contribution is 1.98. The van der Waals surface area contributed by atoms with Crippen LogP contribution in [0.2, 0.25) is 0 Å². The summed E-state index contributed by atoms with van der Waals surface area (Å²) in [6.45, 7) is 7.08. The molecular weight excluding hydrogens is 126 g/mol. The number of hydrogen-bond donors (Lipinski definition) is 0. The highest BCUT2D eigenvalue weighted by Gasteiger charge is 1.79. The zero-order chi connectivity index (χ0) is 4.99. The van der Waals surface area contributed by atoms with Crippen molar-refractivity contribution in [2.75, 3.05) is 0 Å². The van der Waals surface area contributed by atoms with Crippen LogP contribution in [-0.2, 0) is 0 Å². The molecule has 1 unspecified atom stereocenters. The van der Waals surface area contributed by atoms with Crippen molar-refractivity contribution in [2.45, 2.75) is 5.66 Å². The molecule has 0 aromatic rings. The first kappa shape index (κ1) is 10.2. The molecule has 0 amide bonds. The molecule has 0 spiro atoms. The normalized spacial score (nSPS) is 7.14. The Balaban J connectivity index is 0. The molecule has 0 aliphatic carbocycles. The van der Waals surface area contributed by atoms with Gasteiger partial charge in [-0.15, -0.1) is 34.8 Å². The van der Waals surface area contributed by atoms with E-state index in [9.17, 15) is 0 Å². The molecule has 0 aliphatic rings. The average molecular weight is 137 g/mol. The predicted octanol–water partition coefficient (Wildman–Crippen LogP) is 2.02. The summed E-state index contributed by atoms with van der Waals surface area (Å²) in [5.41, 5.74) is 0.380. The van der Waals surface area contributed by atoms with Crippen LogP contribution >= 0.6 is 21.6 Å². The van der Waals surface area contributed by atoms with Crippen molar-refractivity contribution < 1.29 is 0 Å². The largest absolute Gasteiger partial charge is 0.147 e. The summed E-state index contributed by atoms with van der Waals surface area (Å²) in [5, 5.41) is 0. The number of rotatable bonds is 2. The van der Waals surface area contributed by atoms with Crippen molar-refractivity contribution in [1.82, 2.24) is 0 Å². The lowest BCUT2D eigenvalue weighted by atomic mass is 10.4. The lowest BCUT2D eigenvalue weighted by molar-refractivity contribution is 1.45. The van der Waals surface area contributed by atoms with E-state index in [0.717, 1.165) is 0 Å². The summed E-state index contributed by atoms with van der Waals surface area (Å²) in [6, 6.07) is 0. The van der Waals surface area contributed by atoms with Crippen LogP contribution in [0.1, 0.15) is 0 Å². The second-order valence-corrected chi connectivity index (χ2v) is 1.82. The van der Waals surface area contributed by atoms with Crippen molar-refractivity contribution in [3.63, 3.8) is 0 Å². The summed E-state index contributed by atoms with van der Waals surface area (Å²) in [5.74, 6) is 0. The molecule has 7 heavy (non-hydrogen) atoms. The quantitative estimate of drug-likeness (QED) is 0.403. The molecule has 0 N–H and O–H groups in total. The number of allylic oxidation sites excluding steroid dienone is 2. The highest BCUT2D eigenvalue weighted by molar-refractivity contribution is 7.18. The highest BCUT2D eigenvalue weighted by atomic mass is 35.5. The Morgan fingerprint density at radius 1 is 1.29 bits per heavy atom. The SMILES string of the molecule is C=CC(P)C=C.Cl. The van der Waals surface area contributed by atoms with Gasteiger partial charge in [0.1, 0.15) is 0 Å². The molecule has 0 fully saturated rings. The lowest BCUT2D eigenvalue weighted by Gasteiger charge is -1.88. The summed E-state index contributed by atoms with van der Waals surface area (Å²) in [6.07, 6.45) is 3.63.